The summed E-state index contributed by atoms with van der Waals surface area (Å²) in [6.45, 7) is 10.9. The summed E-state index contributed by atoms with van der Waals surface area (Å²) in [5.74, 6) is 1.72. The maximum absolute atomic E-state index is 4.38. The number of hydrogen-bond acceptors (Lipinski definition) is 3. The largest absolute Gasteiger partial charge is 0.314 e. The van der Waals surface area contributed by atoms with Gasteiger partial charge in [-0.2, -0.15) is 5.10 Å². The fourth-order valence-electron chi connectivity index (χ4n) is 2.29. The highest BCUT2D eigenvalue weighted by molar-refractivity contribution is 4.89. The average Bonchev–Trinajstić information content (AvgIpc) is 2.74. The Labute approximate surface area is 105 Å². The zero-order valence-electron chi connectivity index (χ0n) is 11.6. The number of nitrogens with one attached hydrogen (secondary N) is 1. The van der Waals surface area contributed by atoms with Crippen molar-refractivity contribution in [2.75, 3.05) is 6.54 Å². The van der Waals surface area contributed by atoms with Crippen molar-refractivity contribution in [3.63, 3.8) is 0 Å². The first-order valence-corrected chi connectivity index (χ1v) is 6.82. The van der Waals surface area contributed by atoms with Gasteiger partial charge in [0.25, 0.3) is 0 Å². The van der Waals surface area contributed by atoms with E-state index in [0.717, 1.165) is 38.2 Å². The van der Waals surface area contributed by atoms with Gasteiger partial charge in [-0.3, -0.25) is 4.68 Å². The van der Waals surface area contributed by atoms with Gasteiger partial charge in [0, 0.05) is 19.0 Å². The molecule has 98 valence electrons. The fourth-order valence-corrected chi connectivity index (χ4v) is 2.29. The molecule has 0 saturated heterocycles. The van der Waals surface area contributed by atoms with E-state index in [1.54, 1.807) is 6.33 Å². The average molecular weight is 238 g/mol. The Morgan fingerprint density at radius 2 is 2.12 bits per heavy atom. The molecule has 0 amide bonds. The van der Waals surface area contributed by atoms with Gasteiger partial charge in [-0.15, -0.1) is 0 Å². The molecule has 1 rings (SSSR count). The first-order chi connectivity index (χ1) is 8.22. The monoisotopic (exact) mass is 238 g/mol. The zero-order chi connectivity index (χ0) is 12.7. The van der Waals surface area contributed by atoms with Crippen LogP contribution >= 0.6 is 0 Å². The highest BCUT2D eigenvalue weighted by Gasteiger charge is 2.17. The molecular weight excluding hydrogens is 212 g/mol. The van der Waals surface area contributed by atoms with Crippen LogP contribution in [-0.4, -0.2) is 27.4 Å². The van der Waals surface area contributed by atoms with Gasteiger partial charge in [-0.25, -0.2) is 4.98 Å². The van der Waals surface area contributed by atoms with E-state index in [9.17, 15) is 0 Å². The third-order valence-corrected chi connectivity index (χ3v) is 3.23. The van der Waals surface area contributed by atoms with Gasteiger partial charge in [0.05, 0.1) is 0 Å². The van der Waals surface area contributed by atoms with E-state index in [1.807, 2.05) is 4.68 Å². The molecule has 4 heteroatoms. The van der Waals surface area contributed by atoms with Gasteiger partial charge in [-0.05, 0) is 25.3 Å². The molecule has 17 heavy (non-hydrogen) atoms. The van der Waals surface area contributed by atoms with Crippen LogP contribution in [0, 0.1) is 5.92 Å². The van der Waals surface area contributed by atoms with Crippen molar-refractivity contribution in [1.82, 2.24) is 20.1 Å². The number of aromatic nitrogens is 3. The normalized spacial score (nSPS) is 14.8. The quantitative estimate of drug-likeness (QED) is 0.755. The summed E-state index contributed by atoms with van der Waals surface area (Å²) in [4.78, 5) is 4.38. The Balaban J connectivity index is 2.59. The van der Waals surface area contributed by atoms with Crippen LogP contribution in [0.1, 0.15) is 46.4 Å². The number of hydrogen-bond donors (Lipinski definition) is 1. The number of rotatable bonds is 8. The summed E-state index contributed by atoms with van der Waals surface area (Å²) < 4.78 is 2.04. The molecule has 1 N–H and O–H groups in total. The van der Waals surface area contributed by atoms with Crippen LogP contribution in [0.3, 0.4) is 0 Å². The second-order valence-electron chi connectivity index (χ2n) is 4.65. The van der Waals surface area contributed by atoms with Crippen molar-refractivity contribution in [2.24, 2.45) is 5.92 Å². The minimum absolute atomic E-state index is 0.576. The third-order valence-electron chi connectivity index (χ3n) is 3.23. The predicted molar refractivity (Wildman–Crippen MR) is 70.9 cm³/mol. The number of nitrogens with zero attached hydrogens (tertiary/aromatic N) is 3. The van der Waals surface area contributed by atoms with Crippen molar-refractivity contribution >= 4 is 0 Å². The summed E-state index contributed by atoms with van der Waals surface area (Å²) in [6.07, 6.45) is 4.95. The van der Waals surface area contributed by atoms with Crippen molar-refractivity contribution in [3.05, 3.63) is 12.2 Å². The van der Waals surface area contributed by atoms with Gasteiger partial charge in [-0.1, -0.05) is 27.7 Å². The molecule has 0 saturated carbocycles. The molecule has 0 aliphatic carbocycles. The fraction of sp³-hybridized carbons (Fsp3) is 0.846. The Morgan fingerprint density at radius 1 is 1.35 bits per heavy atom. The van der Waals surface area contributed by atoms with Crippen LogP contribution in [0.5, 0.6) is 0 Å². The molecule has 0 aliphatic heterocycles. The van der Waals surface area contributed by atoms with Gasteiger partial charge in [0.1, 0.15) is 12.2 Å². The summed E-state index contributed by atoms with van der Waals surface area (Å²) in [6, 6.07) is 0.576. The standard InChI is InChI=1S/C13H26N4/c1-5-8-17-13(15-10-16-17)9-11(4)12(6-2)14-7-3/h10-12,14H,5-9H2,1-4H3. The highest BCUT2D eigenvalue weighted by atomic mass is 15.3. The molecule has 1 aromatic rings. The van der Waals surface area contributed by atoms with E-state index >= 15 is 0 Å². The summed E-state index contributed by atoms with van der Waals surface area (Å²) in [5.41, 5.74) is 0. The molecule has 2 atom stereocenters. The molecule has 0 aromatic carbocycles. The van der Waals surface area contributed by atoms with Crippen LogP contribution < -0.4 is 5.32 Å². The van der Waals surface area contributed by atoms with E-state index in [0.29, 0.717) is 12.0 Å². The maximum atomic E-state index is 4.38. The lowest BCUT2D eigenvalue weighted by Gasteiger charge is -2.23. The molecule has 0 aliphatic rings. The van der Waals surface area contributed by atoms with Crippen molar-refractivity contribution < 1.29 is 0 Å². The van der Waals surface area contributed by atoms with Gasteiger partial charge in [0.2, 0.25) is 0 Å². The van der Waals surface area contributed by atoms with E-state index in [2.05, 4.69) is 43.1 Å². The van der Waals surface area contributed by atoms with Gasteiger partial charge >= 0.3 is 0 Å². The SMILES string of the molecule is CCCn1ncnc1CC(C)C(CC)NCC. The van der Waals surface area contributed by atoms with Crippen molar-refractivity contribution in [1.29, 1.82) is 0 Å². The Morgan fingerprint density at radius 3 is 2.71 bits per heavy atom. The first kappa shape index (κ1) is 14.2. The molecule has 2 unspecified atom stereocenters. The van der Waals surface area contributed by atoms with Gasteiger partial charge < -0.3 is 5.32 Å². The van der Waals surface area contributed by atoms with E-state index < -0.39 is 0 Å². The molecule has 1 aromatic heterocycles. The van der Waals surface area contributed by atoms with Crippen LogP contribution in [0.2, 0.25) is 0 Å². The lowest BCUT2D eigenvalue weighted by molar-refractivity contribution is 0.359. The predicted octanol–water partition coefficient (Wildman–Crippen LogP) is 2.25. The third kappa shape index (κ3) is 4.11. The lowest BCUT2D eigenvalue weighted by atomic mass is 9.95. The molecule has 4 nitrogen and oxygen atoms in total. The summed E-state index contributed by atoms with van der Waals surface area (Å²) >= 11 is 0. The van der Waals surface area contributed by atoms with E-state index in [-0.39, 0.29) is 0 Å². The molecule has 0 radical (unpaired) electrons. The molecule has 1 heterocycles. The molecular formula is C13H26N4. The molecule has 0 fully saturated rings. The minimum Gasteiger partial charge on any atom is -0.314 e. The smallest absolute Gasteiger partial charge is 0.138 e. The lowest BCUT2D eigenvalue weighted by Crippen LogP contribution is -2.35. The van der Waals surface area contributed by atoms with E-state index in [1.165, 1.54) is 0 Å². The van der Waals surface area contributed by atoms with Crippen LogP contribution in [0.15, 0.2) is 6.33 Å². The van der Waals surface area contributed by atoms with Crippen molar-refractivity contribution in [2.45, 2.75) is 59.5 Å². The second kappa shape index (κ2) is 7.43. The highest BCUT2D eigenvalue weighted by Crippen LogP contribution is 2.13. The molecule has 0 bridgehead atoms. The Hall–Kier alpha value is -0.900. The zero-order valence-corrected chi connectivity index (χ0v) is 11.6. The van der Waals surface area contributed by atoms with Gasteiger partial charge in [0.15, 0.2) is 0 Å². The van der Waals surface area contributed by atoms with Crippen LogP contribution in [0.4, 0.5) is 0 Å². The minimum atomic E-state index is 0.576. The van der Waals surface area contributed by atoms with Crippen LogP contribution in [-0.2, 0) is 13.0 Å². The summed E-state index contributed by atoms with van der Waals surface area (Å²) in [7, 11) is 0. The van der Waals surface area contributed by atoms with E-state index in [4.69, 9.17) is 0 Å². The Kier molecular flexibility index (Phi) is 6.19. The first-order valence-electron chi connectivity index (χ1n) is 6.82. The Bertz CT molecular complexity index is 308. The van der Waals surface area contributed by atoms with Crippen LogP contribution in [0.25, 0.3) is 0 Å². The van der Waals surface area contributed by atoms with Crippen molar-refractivity contribution in [3.8, 4) is 0 Å². The second-order valence-corrected chi connectivity index (χ2v) is 4.65. The number of aryl methyl sites for hydroxylation is 1. The summed E-state index contributed by atoms with van der Waals surface area (Å²) in [5, 5.41) is 7.81. The molecule has 0 spiro atoms. The topological polar surface area (TPSA) is 42.7 Å². The maximum Gasteiger partial charge on any atom is 0.138 e.